The van der Waals surface area contributed by atoms with Crippen LogP contribution in [-0.2, 0) is 0 Å². The number of anilines is 1. The smallest absolute Gasteiger partial charge is 0.241 e. The van der Waals surface area contributed by atoms with Crippen LogP contribution in [0.25, 0.3) is 10.2 Å². The summed E-state index contributed by atoms with van der Waals surface area (Å²) < 4.78 is 19.3. The number of hydrogen-bond acceptors (Lipinski definition) is 6. The second kappa shape index (κ2) is 5.55. The Bertz CT molecular complexity index is 823. The normalized spacial score (nSPS) is 10.9. The summed E-state index contributed by atoms with van der Waals surface area (Å²) in [6, 6.07) is 6.33. The van der Waals surface area contributed by atoms with E-state index in [1.807, 2.05) is 13.0 Å². The molecule has 0 spiro atoms. The number of nitrogens with one attached hydrogen (secondary N) is 1. The highest BCUT2D eigenvalue weighted by atomic mass is 79.9. The molecule has 0 unspecified atom stereocenters. The summed E-state index contributed by atoms with van der Waals surface area (Å²) >= 11 is 4.64. The SMILES string of the molecule is Cc1cc2c(Oc3ccc(F)c(Br)c3)nc(NN)nc2s1. The molecular weight excluding hydrogens is 359 g/mol. The van der Waals surface area contributed by atoms with Crippen LogP contribution in [0.5, 0.6) is 11.6 Å². The molecule has 3 rings (SSSR count). The summed E-state index contributed by atoms with van der Waals surface area (Å²) in [6.45, 7) is 1.97. The maximum Gasteiger partial charge on any atom is 0.241 e. The predicted molar refractivity (Wildman–Crippen MR) is 84.1 cm³/mol. The zero-order chi connectivity index (χ0) is 15.0. The number of nitrogen functional groups attached to an aromatic ring is 1. The average Bonchev–Trinajstić information content (AvgIpc) is 2.83. The van der Waals surface area contributed by atoms with E-state index in [1.54, 1.807) is 0 Å². The van der Waals surface area contributed by atoms with Crippen LogP contribution in [0, 0.1) is 12.7 Å². The summed E-state index contributed by atoms with van der Waals surface area (Å²) in [7, 11) is 0. The van der Waals surface area contributed by atoms with Crippen LogP contribution >= 0.6 is 27.3 Å². The molecule has 0 amide bonds. The number of hydrogen-bond donors (Lipinski definition) is 2. The van der Waals surface area contributed by atoms with E-state index in [2.05, 4.69) is 31.3 Å². The average molecular weight is 369 g/mol. The van der Waals surface area contributed by atoms with Crippen LogP contribution in [0.1, 0.15) is 4.88 Å². The fourth-order valence-electron chi connectivity index (χ4n) is 1.81. The Morgan fingerprint density at radius 2 is 2.14 bits per heavy atom. The van der Waals surface area contributed by atoms with E-state index < -0.39 is 0 Å². The van der Waals surface area contributed by atoms with E-state index in [9.17, 15) is 4.39 Å². The zero-order valence-electron chi connectivity index (χ0n) is 10.9. The first kappa shape index (κ1) is 14.2. The van der Waals surface area contributed by atoms with Crippen molar-refractivity contribution in [3.05, 3.63) is 39.4 Å². The zero-order valence-corrected chi connectivity index (χ0v) is 13.3. The van der Waals surface area contributed by atoms with Crippen molar-refractivity contribution in [3.8, 4) is 11.6 Å². The molecule has 5 nitrogen and oxygen atoms in total. The maximum absolute atomic E-state index is 13.3. The van der Waals surface area contributed by atoms with Crippen molar-refractivity contribution >= 4 is 43.4 Å². The highest BCUT2D eigenvalue weighted by Crippen LogP contribution is 2.34. The van der Waals surface area contributed by atoms with Gasteiger partial charge in [0.15, 0.2) is 0 Å². The first-order valence-corrected chi connectivity index (χ1v) is 7.55. The van der Waals surface area contributed by atoms with Gasteiger partial charge in [-0.15, -0.1) is 11.3 Å². The molecule has 0 fully saturated rings. The summed E-state index contributed by atoms with van der Waals surface area (Å²) in [4.78, 5) is 10.3. The number of aromatic nitrogens is 2. The van der Waals surface area contributed by atoms with Crippen molar-refractivity contribution in [3.63, 3.8) is 0 Å². The Kier molecular flexibility index (Phi) is 3.75. The molecule has 108 valence electrons. The van der Waals surface area contributed by atoms with E-state index >= 15 is 0 Å². The number of nitrogens with two attached hydrogens (primary N) is 1. The fraction of sp³-hybridized carbons (Fsp3) is 0.0769. The third-order valence-electron chi connectivity index (χ3n) is 2.72. The molecular formula is C13H10BrFN4OS. The van der Waals surface area contributed by atoms with E-state index in [-0.39, 0.29) is 11.8 Å². The minimum Gasteiger partial charge on any atom is -0.438 e. The van der Waals surface area contributed by atoms with E-state index in [1.165, 1.54) is 29.5 Å². The first-order valence-electron chi connectivity index (χ1n) is 5.94. The van der Waals surface area contributed by atoms with Gasteiger partial charge in [0, 0.05) is 4.88 Å². The van der Waals surface area contributed by atoms with Crippen molar-refractivity contribution in [1.82, 2.24) is 9.97 Å². The highest BCUT2D eigenvalue weighted by molar-refractivity contribution is 9.10. The van der Waals surface area contributed by atoms with Crippen LogP contribution in [0.3, 0.4) is 0 Å². The molecule has 0 radical (unpaired) electrons. The number of rotatable bonds is 3. The molecule has 0 bridgehead atoms. The lowest BCUT2D eigenvalue weighted by molar-refractivity contribution is 0.466. The molecule has 0 aliphatic carbocycles. The minimum atomic E-state index is -0.356. The Labute approximate surface area is 132 Å². The highest BCUT2D eigenvalue weighted by Gasteiger charge is 2.13. The molecule has 1 aromatic carbocycles. The van der Waals surface area contributed by atoms with Gasteiger partial charge in [-0.1, -0.05) is 0 Å². The Morgan fingerprint density at radius 3 is 2.86 bits per heavy atom. The summed E-state index contributed by atoms with van der Waals surface area (Å²) in [5, 5.41) is 0.789. The number of fused-ring (bicyclic) bond motifs is 1. The van der Waals surface area contributed by atoms with Gasteiger partial charge in [0.2, 0.25) is 11.8 Å². The molecule has 3 aromatic rings. The number of ether oxygens (including phenoxy) is 1. The Hall–Kier alpha value is -1.77. The fourth-order valence-corrected chi connectivity index (χ4v) is 3.04. The predicted octanol–water partition coefficient (Wildman–Crippen LogP) is 3.98. The molecule has 0 aliphatic rings. The minimum absolute atomic E-state index is 0.264. The molecule has 0 saturated carbocycles. The van der Waals surface area contributed by atoms with Gasteiger partial charge in [-0.05, 0) is 47.1 Å². The topological polar surface area (TPSA) is 73.1 Å². The molecule has 2 heterocycles. The van der Waals surface area contributed by atoms with Crippen LogP contribution in [0.2, 0.25) is 0 Å². The van der Waals surface area contributed by atoms with Crippen LogP contribution < -0.4 is 16.0 Å². The Morgan fingerprint density at radius 1 is 1.33 bits per heavy atom. The van der Waals surface area contributed by atoms with Gasteiger partial charge in [0.1, 0.15) is 16.4 Å². The number of benzene rings is 1. The van der Waals surface area contributed by atoms with Gasteiger partial charge in [-0.3, -0.25) is 5.43 Å². The lowest BCUT2D eigenvalue weighted by atomic mass is 10.3. The lowest BCUT2D eigenvalue weighted by Crippen LogP contribution is -2.10. The standard InChI is InChI=1S/C13H10BrFN4OS/c1-6-4-8-11(17-13(19-16)18-12(8)21-6)20-7-2-3-10(15)9(14)5-7/h2-5H,16H2,1H3,(H,17,18,19). The van der Waals surface area contributed by atoms with Crippen LogP contribution in [0.4, 0.5) is 10.3 Å². The number of halogens is 2. The molecule has 0 aliphatic heterocycles. The van der Waals surface area contributed by atoms with Gasteiger partial charge in [0.05, 0.1) is 9.86 Å². The van der Waals surface area contributed by atoms with E-state index in [0.29, 0.717) is 16.1 Å². The molecule has 3 N–H and O–H groups in total. The third kappa shape index (κ3) is 2.82. The molecule has 8 heteroatoms. The lowest BCUT2D eigenvalue weighted by Gasteiger charge is -2.08. The van der Waals surface area contributed by atoms with Gasteiger partial charge in [-0.2, -0.15) is 4.98 Å². The summed E-state index contributed by atoms with van der Waals surface area (Å²) in [5.41, 5.74) is 2.41. The van der Waals surface area contributed by atoms with E-state index in [0.717, 1.165) is 15.1 Å². The number of nitrogens with zero attached hydrogens (tertiary/aromatic N) is 2. The summed E-state index contributed by atoms with van der Waals surface area (Å²) in [5.74, 6) is 6.12. The van der Waals surface area contributed by atoms with Crippen LogP contribution in [0.15, 0.2) is 28.7 Å². The third-order valence-corrected chi connectivity index (χ3v) is 4.27. The Balaban J connectivity index is 2.07. The van der Waals surface area contributed by atoms with Gasteiger partial charge in [-0.25, -0.2) is 15.2 Å². The van der Waals surface area contributed by atoms with Gasteiger partial charge < -0.3 is 4.74 Å². The number of aryl methyl sites for hydroxylation is 1. The molecule has 21 heavy (non-hydrogen) atoms. The van der Waals surface area contributed by atoms with Crippen molar-refractivity contribution in [2.24, 2.45) is 5.84 Å². The quantitative estimate of drug-likeness (QED) is 0.540. The van der Waals surface area contributed by atoms with Gasteiger partial charge >= 0.3 is 0 Å². The molecule has 0 saturated heterocycles. The number of thiophene rings is 1. The van der Waals surface area contributed by atoms with Crippen molar-refractivity contribution in [2.45, 2.75) is 6.92 Å². The second-order valence-corrected chi connectivity index (χ2v) is 6.34. The largest absolute Gasteiger partial charge is 0.438 e. The summed E-state index contributed by atoms with van der Waals surface area (Å²) in [6.07, 6.45) is 0. The maximum atomic E-state index is 13.3. The van der Waals surface area contributed by atoms with Crippen molar-refractivity contribution in [1.29, 1.82) is 0 Å². The number of hydrazine groups is 1. The molecule has 2 aromatic heterocycles. The monoisotopic (exact) mass is 368 g/mol. The second-order valence-electron chi connectivity index (χ2n) is 4.25. The molecule has 0 atom stereocenters. The van der Waals surface area contributed by atoms with Crippen LogP contribution in [-0.4, -0.2) is 9.97 Å². The van der Waals surface area contributed by atoms with Crippen molar-refractivity contribution in [2.75, 3.05) is 5.43 Å². The van der Waals surface area contributed by atoms with Crippen molar-refractivity contribution < 1.29 is 9.13 Å². The van der Waals surface area contributed by atoms with E-state index in [4.69, 9.17) is 10.6 Å². The van der Waals surface area contributed by atoms with Gasteiger partial charge in [0.25, 0.3) is 0 Å². The first-order chi connectivity index (χ1) is 10.1.